The Morgan fingerprint density at radius 1 is 1.40 bits per heavy atom. The predicted molar refractivity (Wildman–Crippen MR) is 82.0 cm³/mol. The Morgan fingerprint density at radius 3 is 2.70 bits per heavy atom. The first-order chi connectivity index (χ1) is 9.60. The van der Waals surface area contributed by atoms with E-state index in [0.717, 1.165) is 55.2 Å². The molecule has 108 valence electrons. The van der Waals surface area contributed by atoms with Crippen molar-refractivity contribution in [2.75, 3.05) is 31.1 Å². The Kier molecular flexibility index (Phi) is 4.61. The molecule has 1 unspecified atom stereocenters. The Balaban J connectivity index is 2.24. The van der Waals surface area contributed by atoms with E-state index in [1.807, 2.05) is 19.9 Å². The first-order valence-corrected chi connectivity index (χ1v) is 7.48. The lowest BCUT2D eigenvalue weighted by Gasteiger charge is -2.26. The Hall–Kier alpha value is -1.60. The summed E-state index contributed by atoms with van der Waals surface area (Å²) in [7, 11) is 0. The van der Waals surface area contributed by atoms with Gasteiger partial charge >= 0.3 is 0 Å². The topological polar surface area (TPSA) is 43.2 Å². The lowest BCUT2D eigenvalue weighted by atomic mass is 10.1. The monoisotopic (exact) mass is 272 g/mol. The molecule has 1 saturated heterocycles. The molecule has 0 aromatic carbocycles. The van der Waals surface area contributed by atoms with E-state index in [2.05, 4.69) is 34.7 Å². The zero-order valence-electron chi connectivity index (χ0n) is 13.0. The second-order valence-corrected chi connectivity index (χ2v) is 5.50. The van der Waals surface area contributed by atoms with Crippen molar-refractivity contribution in [2.24, 2.45) is 0 Å². The van der Waals surface area contributed by atoms with Gasteiger partial charge in [-0.3, -0.25) is 4.90 Å². The third-order valence-electron chi connectivity index (χ3n) is 4.23. The molecule has 0 aliphatic carbocycles. The summed E-state index contributed by atoms with van der Waals surface area (Å²) in [5.41, 5.74) is 2.75. The third-order valence-corrected chi connectivity index (χ3v) is 4.23. The maximum absolute atomic E-state index is 9.39. The average molecular weight is 272 g/mol. The molecule has 1 aromatic heterocycles. The molecule has 0 bridgehead atoms. The number of nitrogens with zero attached hydrogens (tertiary/aromatic N) is 4. The van der Waals surface area contributed by atoms with Crippen molar-refractivity contribution < 1.29 is 0 Å². The van der Waals surface area contributed by atoms with Crippen LogP contribution in [0.15, 0.2) is 6.07 Å². The minimum atomic E-state index is 0.583. The molecular weight excluding hydrogens is 248 g/mol. The molecule has 4 heteroatoms. The molecule has 0 saturated carbocycles. The number of pyridine rings is 1. The van der Waals surface area contributed by atoms with E-state index < -0.39 is 0 Å². The fourth-order valence-electron chi connectivity index (χ4n) is 3.16. The SMILES string of the molecule is CCN(CC)C1CCN(c2nc(C)cc(C)c2C#N)C1. The molecule has 1 aromatic rings. The molecule has 1 aliphatic heterocycles. The Morgan fingerprint density at radius 2 is 2.10 bits per heavy atom. The molecule has 0 spiro atoms. The van der Waals surface area contributed by atoms with Crippen molar-refractivity contribution in [2.45, 2.75) is 40.2 Å². The first-order valence-electron chi connectivity index (χ1n) is 7.48. The van der Waals surface area contributed by atoms with Crippen LogP contribution in [0.3, 0.4) is 0 Å². The van der Waals surface area contributed by atoms with Gasteiger partial charge in [0.1, 0.15) is 11.9 Å². The molecule has 0 amide bonds. The summed E-state index contributed by atoms with van der Waals surface area (Å²) < 4.78 is 0. The normalized spacial score (nSPS) is 18.6. The maximum Gasteiger partial charge on any atom is 0.147 e. The summed E-state index contributed by atoms with van der Waals surface area (Å²) in [6, 6.07) is 4.89. The van der Waals surface area contributed by atoms with E-state index in [0.29, 0.717) is 6.04 Å². The number of likely N-dealkylation sites (N-methyl/N-ethyl adjacent to an activating group) is 1. The van der Waals surface area contributed by atoms with Crippen molar-refractivity contribution in [3.05, 3.63) is 22.9 Å². The molecule has 1 fully saturated rings. The van der Waals surface area contributed by atoms with Crippen LogP contribution in [0.25, 0.3) is 0 Å². The van der Waals surface area contributed by atoms with Gasteiger partial charge in [0.05, 0.1) is 5.56 Å². The Bertz CT molecular complexity index is 514. The molecule has 1 aliphatic rings. The molecule has 2 rings (SSSR count). The largest absolute Gasteiger partial charge is 0.354 e. The van der Waals surface area contributed by atoms with Gasteiger partial charge in [-0.25, -0.2) is 4.98 Å². The van der Waals surface area contributed by atoms with Gasteiger partial charge < -0.3 is 4.90 Å². The highest BCUT2D eigenvalue weighted by Gasteiger charge is 2.28. The second kappa shape index (κ2) is 6.23. The van der Waals surface area contributed by atoms with Gasteiger partial charge in [-0.05, 0) is 45.0 Å². The molecule has 0 radical (unpaired) electrons. The summed E-state index contributed by atoms with van der Waals surface area (Å²) in [5.74, 6) is 0.875. The number of hydrogen-bond acceptors (Lipinski definition) is 4. The third kappa shape index (κ3) is 2.78. The van der Waals surface area contributed by atoms with E-state index in [9.17, 15) is 5.26 Å². The Labute approximate surface area is 122 Å². The van der Waals surface area contributed by atoms with Gasteiger partial charge in [-0.1, -0.05) is 13.8 Å². The summed E-state index contributed by atoms with van der Waals surface area (Å²) in [6.07, 6.45) is 1.15. The molecular formula is C16H24N4. The number of aromatic nitrogens is 1. The van der Waals surface area contributed by atoms with Crippen LogP contribution in [0, 0.1) is 25.2 Å². The first kappa shape index (κ1) is 14.8. The molecule has 1 atom stereocenters. The van der Waals surface area contributed by atoms with E-state index >= 15 is 0 Å². The van der Waals surface area contributed by atoms with Crippen LogP contribution in [0.1, 0.15) is 37.1 Å². The summed E-state index contributed by atoms with van der Waals surface area (Å²) in [6.45, 7) is 12.5. The highest BCUT2D eigenvalue weighted by Crippen LogP contribution is 2.26. The molecule has 0 N–H and O–H groups in total. The molecule has 2 heterocycles. The van der Waals surface area contributed by atoms with Gasteiger partial charge in [-0.2, -0.15) is 5.26 Å². The van der Waals surface area contributed by atoms with E-state index in [-0.39, 0.29) is 0 Å². The summed E-state index contributed by atoms with van der Waals surface area (Å²) in [4.78, 5) is 9.39. The summed E-state index contributed by atoms with van der Waals surface area (Å²) >= 11 is 0. The minimum absolute atomic E-state index is 0.583. The van der Waals surface area contributed by atoms with Crippen LogP contribution >= 0.6 is 0 Å². The lowest BCUT2D eigenvalue weighted by molar-refractivity contribution is 0.232. The number of rotatable bonds is 4. The van der Waals surface area contributed by atoms with Crippen LogP contribution in [0.2, 0.25) is 0 Å². The molecule has 20 heavy (non-hydrogen) atoms. The number of nitriles is 1. The average Bonchev–Trinajstić information content (AvgIpc) is 2.89. The maximum atomic E-state index is 9.39. The number of hydrogen-bond donors (Lipinski definition) is 0. The van der Waals surface area contributed by atoms with Crippen molar-refractivity contribution in [1.29, 1.82) is 5.26 Å². The van der Waals surface area contributed by atoms with Crippen molar-refractivity contribution in [1.82, 2.24) is 9.88 Å². The number of aryl methyl sites for hydroxylation is 2. The quantitative estimate of drug-likeness (QED) is 0.844. The van der Waals surface area contributed by atoms with E-state index in [1.54, 1.807) is 0 Å². The fourth-order valence-corrected chi connectivity index (χ4v) is 3.16. The minimum Gasteiger partial charge on any atom is -0.354 e. The second-order valence-electron chi connectivity index (χ2n) is 5.50. The smallest absolute Gasteiger partial charge is 0.147 e. The number of anilines is 1. The highest BCUT2D eigenvalue weighted by atomic mass is 15.3. The van der Waals surface area contributed by atoms with E-state index in [1.165, 1.54) is 0 Å². The van der Waals surface area contributed by atoms with Crippen LogP contribution < -0.4 is 4.90 Å². The van der Waals surface area contributed by atoms with Crippen LogP contribution in [-0.2, 0) is 0 Å². The van der Waals surface area contributed by atoms with Crippen molar-refractivity contribution in [3.8, 4) is 6.07 Å². The molecule has 4 nitrogen and oxygen atoms in total. The van der Waals surface area contributed by atoms with Gasteiger partial charge in [-0.15, -0.1) is 0 Å². The van der Waals surface area contributed by atoms with Gasteiger partial charge in [0.15, 0.2) is 0 Å². The summed E-state index contributed by atoms with van der Waals surface area (Å²) in [5, 5.41) is 9.39. The van der Waals surface area contributed by atoms with E-state index in [4.69, 9.17) is 0 Å². The van der Waals surface area contributed by atoms with Gasteiger partial charge in [0, 0.05) is 24.8 Å². The highest BCUT2D eigenvalue weighted by molar-refractivity contribution is 5.58. The zero-order valence-corrected chi connectivity index (χ0v) is 13.0. The van der Waals surface area contributed by atoms with Crippen LogP contribution in [-0.4, -0.2) is 42.1 Å². The van der Waals surface area contributed by atoms with Crippen LogP contribution in [0.5, 0.6) is 0 Å². The van der Waals surface area contributed by atoms with Crippen molar-refractivity contribution in [3.63, 3.8) is 0 Å². The van der Waals surface area contributed by atoms with Crippen molar-refractivity contribution >= 4 is 5.82 Å². The van der Waals surface area contributed by atoms with Crippen LogP contribution in [0.4, 0.5) is 5.82 Å². The predicted octanol–water partition coefficient (Wildman–Crippen LogP) is 2.49. The van der Waals surface area contributed by atoms with Gasteiger partial charge in [0.25, 0.3) is 0 Å². The lowest BCUT2D eigenvalue weighted by Crippen LogP contribution is -2.37. The van der Waals surface area contributed by atoms with Gasteiger partial charge in [0.2, 0.25) is 0 Å². The zero-order chi connectivity index (χ0) is 14.7. The fraction of sp³-hybridized carbons (Fsp3) is 0.625. The standard InChI is InChI=1S/C16H24N4/c1-5-19(6-2)14-7-8-20(11-14)16-15(10-17)12(3)9-13(4)18-16/h9,14H,5-8,11H2,1-4H3.